The van der Waals surface area contributed by atoms with Crippen LogP contribution in [0.5, 0.6) is 0 Å². The molecule has 1 aromatic carbocycles. The minimum atomic E-state index is -0.582. The van der Waals surface area contributed by atoms with E-state index >= 15 is 0 Å². The molecule has 1 aliphatic heterocycles. The maximum atomic E-state index is 13.0. The van der Waals surface area contributed by atoms with Gasteiger partial charge in [0, 0.05) is 44.7 Å². The summed E-state index contributed by atoms with van der Waals surface area (Å²) in [5.41, 5.74) is -0.153. The van der Waals surface area contributed by atoms with Crippen LogP contribution in [0.2, 0.25) is 0 Å². The first-order valence-electron chi connectivity index (χ1n) is 8.95. The molecule has 0 bridgehead atoms. The summed E-state index contributed by atoms with van der Waals surface area (Å²) >= 11 is 0. The lowest BCUT2D eigenvalue weighted by Gasteiger charge is -2.35. The zero-order valence-corrected chi connectivity index (χ0v) is 16.0. The summed E-state index contributed by atoms with van der Waals surface area (Å²) < 4.78 is 18.1. The molecular formula is C19H26FN3O4. The number of nitrogens with zero attached hydrogens (tertiary/aromatic N) is 2. The largest absolute Gasteiger partial charge is 0.444 e. The van der Waals surface area contributed by atoms with Gasteiger partial charge in [-0.15, -0.1) is 0 Å². The first kappa shape index (κ1) is 20.7. The summed E-state index contributed by atoms with van der Waals surface area (Å²) in [7, 11) is 0. The average molecular weight is 379 g/mol. The van der Waals surface area contributed by atoms with E-state index in [0.29, 0.717) is 31.7 Å². The lowest BCUT2D eigenvalue weighted by atomic mass is 10.1. The molecule has 0 saturated carbocycles. The lowest BCUT2D eigenvalue weighted by Crippen LogP contribution is -2.51. The smallest absolute Gasteiger partial charge is 0.407 e. The predicted molar refractivity (Wildman–Crippen MR) is 97.7 cm³/mol. The summed E-state index contributed by atoms with van der Waals surface area (Å²) in [5.74, 6) is -0.643. The third-order valence-electron chi connectivity index (χ3n) is 4.02. The molecule has 1 saturated heterocycles. The van der Waals surface area contributed by atoms with Crippen molar-refractivity contribution in [1.82, 2.24) is 15.1 Å². The minimum Gasteiger partial charge on any atom is -0.444 e. The second kappa shape index (κ2) is 8.83. The molecule has 148 valence electrons. The quantitative estimate of drug-likeness (QED) is 0.868. The fourth-order valence-electron chi connectivity index (χ4n) is 2.68. The maximum Gasteiger partial charge on any atom is 0.407 e. The van der Waals surface area contributed by atoms with E-state index in [2.05, 4.69) is 5.32 Å². The fourth-order valence-corrected chi connectivity index (χ4v) is 2.68. The van der Waals surface area contributed by atoms with E-state index in [1.54, 1.807) is 30.6 Å². The standard InChI is InChI=1S/C19H26FN3O4/c1-19(2,3)27-18(26)21-9-8-16(24)22-10-12-23(13-11-22)17(25)14-4-6-15(20)7-5-14/h4-7H,8-13H2,1-3H3,(H,21,26). The van der Waals surface area contributed by atoms with E-state index in [4.69, 9.17) is 4.74 Å². The Kier molecular flexibility index (Phi) is 6.76. The van der Waals surface area contributed by atoms with E-state index in [1.807, 2.05) is 0 Å². The van der Waals surface area contributed by atoms with Gasteiger partial charge in [-0.05, 0) is 45.0 Å². The molecule has 1 fully saturated rings. The third-order valence-corrected chi connectivity index (χ3v) is 4.02. The third kappa shape index (κ3) is 6.54. The van der Waals surface area contributed by atoms with Crippen molar-refractivity contribution in [3.05, 3.63) is 35.6 Å². The average Bonchev–Trinajstić information content (AvgIpc) is 2.60. The number of nitrogens with one attached hydrogen (secondary N) is 1. The summed E-state index contributed by atoms with van der Waals surface area (Å²) in [6.45, 7) is 7.20. The van der Waals surface area contributed by atoms with E-state index in [1.165, 1.54) is 24.3 Å². The first-order chi connectivity index (χ1) is 12.7. The molecule has 7 nitrogen and oxygen atoms in total. The molecule has 2 rings (SSSR count). The molecule has 8 heteroatoms. The molecule has 1 heterocycles. The van der Waals surface area contributed by atoms with Crippen LogP contribution < -0.4 is 5.32 Å². The van der Waals surface area contributed by atoms with Crippen LogP contribution in [0.3, 0.4) is 0 Å². The molecule has 1 N–H and O–H groups in total. The van der Waals surface area contributed by atoms with Gasteiger partial charge in [0.15, 0.2) is 0 Å². The van der Waals surface area contributed by atoms with Crippen molar-refractivity contribution in [2.24, 2.45) is 0 Å². The minimum absolute atomic E-state index is 0.0834. The summed E-state index contributed by atoms with van der Waals surface area (Å²) in [6.07, 6.45) is -0.379. The second-order valence-corrected chi connectivity index (χ2v) is 7.36. The van der Waals surface area contributed by atoms with Crippen molar-refractivity contribution in [2.75, 3.05) is 32.7 Å². The number of hydrogen-bond acceptors (Lipinski definition) is 4. The van der Waals surface area contributed by atoms with Gasteiger partial charge in [-0.3, -0.25) is 9.59 Å². The Bertz CT molecular complexity index is 677. The molecule has 0 spiro atoms. The molecule has 0 radical (unpaired) electrons. The molecule has 1 aliphatic rings. The number of alkyl carbamates (subject to hydrolysis) is 1. The Hall–Kier alpha value is -2.64. The SMILES string of the molecule is CC(C)(C)OC(=O)NCCC(=O)N1CCN(C(=O)c2ccc(F)cc2)CC1. The van der Waals surface area contributed by atoms with Gasteiger partial charge in [0.25, 0.3) is 5.91 Å². The number of amides is 3. The van der Waals surface area contributed by atoms with Gasteiger partial charge in [-0.25, -0.2) is 9.18 Å². The van der Waals surface area contributed by atoms with Crippen LogP contribution in [0.4, 0.5) is 9.18 Å². The number of carbonyl (C=O) groups is 3. The van der Waals surface area contributed by atoms with Crippen LogP contribution in [-0.4, -0.2) is 66.0 Å². The second-order valence-electron chi connectivity index (χ2n) is 7.36. The Morgan fingerprint density at radius 3 is 2.15 bits per heavy atom. The zero-order valence-electron chi connectivity index (χ0n) is 16.0. The van der Waals surface area contributed by atoms with Crippen LogP contribution >= 0.6 is 0 Å². The van der Waals surface area contributed by atoms with Crippen LogP contribution in [0, 0.1) is 5.82 Å². The first-order valence-corrected chi connectivity index (χ1v) is 8.95. The number of carbonyl (C=O) groups excluding carboxylic acids is 3. The highest BCUT2D eigenvalue weighted by atomic mass is 19.1. The summed E-state index contributed by atoms with van der Waals surface area (Å²) in [6, 6.07) is 5.42. The molecule has 27 heavy (non-hydrogen) atoms. The van der Waals surface area contributed by atoms with Gasteiger partial charge in [-0.2, -0.15) is 0 Å². The molecule has 0 unspecified atom stereocenters. The van der Waals surface area contributed by atoms with Crippen molar-refractivity contribution < 1.29 is 23.5 Å². The van der Waals surface area contributed by atoms with Gasteiger partial charge in [0.1, 0.15) is 11.4 Å². The normalized spacial score (nSPS) is 14.7. The monoisotopic (exact) mass is 379 g/mol. The van der Waals surface area contributed by atoms with Crippen molar-refractivity contribution >= 4 is 17.9 Å². The molecule has 0 aromatic heterocycles. The maximum absolute atomic E-state index is 13.0. The van der Waals surface area contributed by atoms with Gasteiger partial charge < -0.3 is 19.9 Å². The van der Waals surface area contributed by atoms with Crippen LogP contribution in [0.1, 0.15) is 37.6 Å². The summed E-state index contributed by atoms with van der Waals surface area (Å²) in [5, 5.41) is 2.56. The van der Waals surface area contributed by atoms with Crippen LogP contribution in [-0.2, 0) is 9.53 Å². The predicted octanol–water partition coefficient (Wildman–Crippen LogP) is 2.02. The van der Waals surface area contributed by atoms with Gasteiger partial charge >= 0.3 is 6.09 Å². The van der Waals surface area contributed by atoms with Gasteiger partial charge in [0.05, 0.1) is 0 Å². The Balaban J connectivity index is 1.73. The Morgan fingerprint density at radius 2 is 1.59 bits per heavy atom. The van der Waals surface area contributed by atoms with Gasteiger partial charge in [-0.1, -0.05) is 0 Å². The number of piperazine rings is 1. The zero-order chi connectivity index (χ0) is 20.0. The Labute approximate surface area is 158 Å². The molecule has 1 aromatic rings. The van der Waals surface area contributed by atoms with Crippen molar-refractivity contribution in [2.45, 2.75) is 32.8 Å². The number of halogens is 1. The molecule has 3 amide bonds. The number of benzene rings is 1. The molecular weight excluding hydrogens is 353 g/mol. The van der Waals surface area contributed by atoms with Crippen LogP contribution in [0.15, 0.2) is 24.3 Å². The Morgan fingerprint density at radius 1 is 1.04 bits per heavy atom. The van der Waals surface area contributed by atoms with E-state index in [0.717, 1.165) is 0 Å². The van der Waals surface area contributed by atoms with E-state index in [-0.39, 0.29) is 30.6 Å². The number of rotatable bonds is 4. The van der Waals surface area contributed by atoms with E-state index < -0.39 is 11.7 Å². The summed E-state index contributed by atoms with van der Waals surface area (Å²) in [4.78, 5) is 39.5. The molecule has 0 atom stereocenters. The van der Waals surface area contributed by atoms with Crippen molar-refractivity contribution in [1.29, 1.82) is 0 Å². The lowest BCUT2D eigenvalue weighted by molar-refractivity contribution is -0.132. The highest BCUT2D eigenvalue weighted by Gasteiger charge is 2.25. The van der Waals surface area contributed by atoms with Crippen molar-refractivity contribution in [3.8, 4) is 0 Å². The highest BCUT2D eigenvalue weighted by Crippen LogP contribution is 2.11. The highest BCUT2D eigenvalue weighted by molar-refractivity contribution is 5.94. The van der Waals surface area contributed by atoms with E-state index in [9.17, 15) is 18.8 Å². The van der Waals surface area contributed by atoms with Crippen LogP contribution in [0.25, 0.3) is 0 Å². The van der Waals surface area contributed by atoms with Crippen molar-refractivity contribution in [3.63, 3.8) is 0 Å². The molecule has 0 aliphatic carbocycles. The topological polar surface area (TPSA) is 79.0 Å². The fraction of sp³-hybridized carbons (Fsp3) is 0.526. The van der Waals surface area contributed by atoms with Gasteiger partial charge in [0.2, 0.25) is 5.91 Å². The number of hydrogen-bond donors (Lipinski definition) is 1. The number of ether oxygens (including phenoxy) is 1.